The van der Waals surface area contributed by atoms with Crippen molar-refractivity contribution >= 4 is 28.6 Å². The number of thiocarbonyl (C=S) groups is 1. The Balaban J connectivity index is 2.36. The number of nitrogens with two attached hydrogens (primary N) is 1. The van der Waals surface area contributed by atoms with Gasteiger partial charge in [-0.3, -0.25) is 9.67 Å². The first kappa shape index (κ1) is 11.5. The maximum Gasteiger partial charge on any atom is 0.106 e. The van der Waals surface area contributed by atoms with E-state index >= 15 is 0 Å². The average Bonchev–Trinajstić information content (AvgIpc) is 2.58. The summed E-state index contributed by atoms with van der Waals surface area (Å²) < 4.78 is 1.74. The fraction of sp³-hybridized carbons (Fsp3) is 0.182. The highest BCUT2D eigenvalue weighted by Gasteiger charge is 2.08. The second kappa shape index (κ2) is 4.50. The largest absolute Gasteiger partial charge is 0.389 e. The van der Waals surface area contributed by atoms with Crippen molar-refractivity contribution in [3.05, 3.63) is 35.9 Å². The predicted octanol–water partition coefficient (Wildman–Crippen LogP) is 1.50. The first-order valence-corrected chi connectivity index (χ1v) is 5.50. The standard InChI is InChI=1S/C11H13N5S/c1-7-10(6-16(2)15-7)14-9-5-13-4-3-8(9)11(12)17/h3-6,14H,1-2H3,(H2,12,17). The van der Waals surface area contributed by atoms with Crippen LogP contribution in [0, 0.1) is 6.92 Å². The molecular formula is C11H13N5S. The fourth-order valence-electron chi connectivity index (χ4n) is 1.58. The van der Waals surface area contributed by atoms with Crippen LogP contribution in [0.2, 0.25) is 0 Å². The SMILES string of the molecule is Cc1nn(C)cc1Nc1cnccc1C(N)=S. The Kier molecular flexibility index (Phi) is 3.06. The smallest absolute Gasteiger partial charge is 0.106 e. The lowest BCUT2D eigenvalue weighted by Gasteiger charge is -2.09. The molecule has 88 valence electrons. The maximum atomic E-state index is 5.65. The van der Waals surface area contributed by atoms with E-state index in [1.54, 1.807) is 23.1 Å². The molecule has 0 aliphatic rings. The molecule has 2 aromatic rings. The summed E-state index contributed by atoms with van der Waals surface area (Å²) in [6.07, 6.45) is 5.25. The second-order valence-electron chi connectivity index (χ2n) is 3.71. The lowest BCUT2D eigenvalue weighted by atomic mass is 10.2. The van der Waals surface area contributed by atoms with Gasteiger partial charge >= 0.3 is 0 Å². The van der Waals surface area contributed by atoms with Crippen LogP contribution in [-0.4, -0.2) is 19.8 Å². The van der Waals surface area contributed by atoms with Crippen molar-refractivity contribution in [1.82, 2.24) is 14.8 Å². The number of nitrogens with zero attached hydrogens (tertiary/aromatic N) is 3. The van der Waals surface area contributed by atoms with Crippen LogP contribution in [0.15, 0.2) is 24.7 Å². The van der Waals surface area contributed by atoms with Gasteiger partial charge in [-0.2, -0.15) is 5.10 Å². The van der Waals surface area contributed by atoms with Crippen LogP contribution < -0.4 is 11.1 Å². The first-order chi connectivity index (χ1) is 8.08. The van der Waals surface area contributed by atoms with Gasteiger partial charge in [0.05, 0.1) is 23.3 Å². The van der Waals surface area contributed by atoms with Crippen molar-refractivity contribution in [3.8, 4) is 0 Å². The summed E-state index contributed by atoms with van der Waals surface area (Å²) in [5, 5.41) is 7.48. The molecule has 2 aromatic heterocycles. The van der Waals surface area contributed by atoms with E-state index < -0.39 is 0 Å². The topological polar surface area (TPSA) is 68.8 Å². The molecule has 0 unspecified atom stereocenters. The first-order valence-electron chi connectivity index (χ1n) is 5.09. The predicted molar refractivity (Wildman–Crippen MR) is 71.4 cm³/mol. The van der Waals surface area contributed by atoms with Crippen molar-refractivity contribution in [2.45, 2.75) is 6.92 Å². The lowest BCUT2D eigenvalue weighted by molar-refractivity contribution is 0.756. The number of aromatic nitrogens is 3. The monoisotopic (exact) mass is 247 g/mol. The Hall–Kier alpha value is -1.95. The van der Waals surface area contributed by atoms with Crippen LogP contribution in [0.3, 0.4) is 0 Å². The molecule has 5 nitrogen and oxygen atoms in total. The van der Waals surface area contributed by atoms with Gasteiger partial charge in [0.2, 0.25) is 0 Å². The highest BCUT2D eigenvalue weighted by atomic mass is 32.1. The molecule has 0 bridgehead atoms. The van der Waals surface area contributed by atoms with Gasteiger partial charge in [0.1, 0.15) is 4.99 Å². The Morgan fingerprint density at radius 1 is 1.47 bits per heavy atom. The van der Waals surface area contributed by atoms with Gasteiger partial charge in [0.15, 0.2) is 0 Å². The van der Waals surface area contributed by atoms with E-state index in [0.29, 0.717) is 4.99 Å². The molecule has 2 rings (SSSR count). The fourth-order valence-corrected chi connectivity index (χ4v) is 1.75. The van der Waals surface area contributed by atoms with Crippen molar-refractivity contribution in [2.24, 2.45) is 12.8 Å². The van der Waals surface area contributed by atoms with Crippen molar-refractivity contribution in [2.75, 3.05) is 5.32 Å². The van der Waals surface area contributed by atoms with Gasteiger partial charge in [0, 0.05) is 25.0 Å². The Bertz CT molecular complexity index is 561. The van der Waals surface area contributed by atoms with Gasteiger partial charge in [-0.05, 0) is 13.0 Å². The van der Waals surface area contributed by atoms with E-state index in [1.807, 2.05) is 20.2 Å². The van der Waals surface area contributed by atoms with Gasteiger partial charge in [-0.1, -0.05) is 12.2 Å². The molecule has 0 aromatic carbocycles. The summed E-state index contributed by atoms with van der Waals surface area (Å²) >= 11 is 4.99. The number of aryl methyl sites for hydroxylation is 2. The lowest BCUT2D eigenvalue weighted by Crippen LogP contribution is -2.12. The van der Waals surface area contributed by atoms with Gasteiger partial charge in [-0.15, -0.1) is 0 Å². The van der Waals surface area contributed by atoms with Crippen molar-refractivity contribution in [3.63, 3.8) is 0 Å². The van der Waals surface area contributed by atoms with Crippen LogP contribution in [0.25, 0.3) is 0 Å². The minimum atomic E-state index is 0.344. The minimum Gasteiger partial charge on any atom is -0.389 e. The zero-order valence-corrected chi connectivity index (χ0v) is 10.5. The molecular weight excluding hydrogens is 234 g/mol. The number of hydrogen-bond acceptors (Lipinski definition) is 4. The van der Waals surface area contributed by atoms with Gasteiger partial charge in [0.25, 0.3) is 0 Å². The average molecular weight is 247 g/mol. The number of rotatable bonds is 3. The minimum absolute atomic E-state index is 0.344. The molecule has 0 aliphatic heterocycles. The molecule has 3 N–H and O–H groups in total. The second-order valence-corrected chi connectivity index (χ2v) is 4.15. The van der Waals surface area contributed by atoms with Crippen LogP contribution in [0.5, 0.6) is 0 Å². The van der Waals surface area contributed by atoms with E-state index in [4.69, 9.17) is 18.0 Å². The Labute approximate surface area is 105 Å². The molecule has 0 saturated heterocycles. The van der Waals surface area contributed by atoms with E-state index in [0.717, 1.165) is 22.6 Å². The van der Waals surface area contributed by atoms with E-state index in [9.17, 15) is 0 Å². The third kappa shape index (κ3) is 2.42. The quantitative estimate of drug-likeness (QED) is 0.804. The highest BCUT2D eigenvalue weighted by Crippen LogP contribution is 2.21. The molecule has 0 atom stereocenters. The summed E-state index contributed by atoms with van der Waals surface area (Å²) in [6.45, 7) is 1.93. The van der Waals surface area contributed by atoms with Crippen LogP contribution in [-0.2, 0) is 7.05 Å². The van der Waals surface area contributed by atoms with E-state index in [1.165, 1.54) is 0 Å². The number of anilines is 2. The molecule has 0 spiro atoms. The highest BCUT2D eigenvalue weighted by molar-refractivity contribution is 7.80. The number of pyridine rings is 1. The third-order valence-corrected chi connectivity index (χ3v) is 2.59. The molecule has 6 heteroatoms. The van der Waals surface area contributed by atoms with Crippen LogP contribution in [0.4, 0.5) is 11.4 Å². The van der Waals surface area contributed by atoms with Crippen LogP contribution in [0.1, 0.15) is 11.3 Å². The zero-order valence-electron chi connectivity index (χ0n) is 9.64. The van der Waals surface area contributed by atoms with Crippen molar-refractivity contribution < 1.29 is 0 Å². The Morgan fingerprint density at radius 2 is 2.24 bits per heavy atom. The Morgan fingerprint density at radius 3 is 2.82 bits per heavy atom. The summed E-state index contributed by atoms with van der Waals surface area (Å²) in [5.41, 5.74) is 9.04. The molecule has 17 heavy (non-hydrogen) atoms. The molecule has 0 radical (unpaired) electrons. The molecule has 0 amide bonds. The van der Waals surface area contributed by atoms with Gasteiger partial charge < -0.3 is 11.1 Å². The summed E-state index contributed by atoms with van der Waals surface area (Å²) in [6, 6.07) is 1.79. The maximum absolute atomic E-state index is 5.65. The number of hydrogen-bond donors (Lipinski definition) is 2. The van der Waals surface area contributed by atoms with E-state index in [2.05, 4.69) is 15.4 Å². The molecule has 0 aliphatic carbocycles. The summed E-state index contributed by atoms with van der Waals surface area (Å²) in [7, 11) is 1.87. The zero-order chi connectivity index (χ0) is 12.4. The number of nitrogens with one attached hydrogen (secondary N) is 1. The summed E-state index contributed by atoms with van der Waals surface area (Å²) in [4.78, 5) is 4.40. The molecule has 2 heterocycles. The summed E-state index contributed by atoms with van der Waals surface area (Å²) in [5.74, 6) is 0. The van der Waals surface area contributed by atoms with Gasteiger partial charge in [-0.25, -0.2) is 0 Å². The molecule has 0 fully saturated rings. The molecule has 0 saturated carbocycles. The normalized spacial score (nSPS) is 10.2. The van der Waals surface area contributed by atoms with Crippen LogP contribution >= 0.6 is 12.2 Å². The third-order valence-electron chi connectivity index (χ3n) is 2.37. The van der Waals surface area contributed by atoms with Crippen molar-refractivity contribution in [1.29, 1.82) is 0 Å². The van der Waals surface area contributed by atoms with E-state index in [-0.39, 0.29) is 0 Å².